The number of aromatic hydroxyl groups is 1. The maximum Gasteiger partial charge on any atom is 0.275 e. The molecule has 2 heterocycles. The van der Waals surface area contributed by atoms with Gasteiger partial charge in [-0.3, -0.25) is 14.0 Å². The molecular formula is C13H8ClN3O3S. The number of carbonyl (C=O) groups is 1. The Morgan fingerprint density at radius 2 is 2.05 bits per heavy atom. The van der Waals surface area contributed by atoms with Crippen LogP contribution in [0.15, 0.2) is 40.6 Å². The lowest BCUT2D eigenvalue weighted by Gasteiger charge is -2.06. The van der Waals surface area contributed by atoms with Gasteiger partial charge in [0.1, 0.15) is 0 Å². The molecule has 0 saturated heterocycles. The van der Waals surface area contributed by atoms with Crippen molar-refractivity contribution in [1.82, 2.24) is 9.38 Å². The van der Waals surface area contributed by atoms with Gasteiger partial charge < -0.3 is 10.4 Å². The first-order chi connectivity index (χ1) is 10.1. The average Bonchev–Trinajstić information content (AvgIpc) is 2.90. The molecule has 0 bridgehead atoms. The van der Waals surface area contributed by atoms with Crippen molar-refractivity contribution in [3.8, 4) is 5.88 Å². The van der Waals surface area contributed by atoms with Crippen molar-refractivity contribution in [1.29, 1.82) is 0 Å². The molecule has 3 rings (SSSR count). The Labute approximate surface area is 127 Å². The zero-order valence-corrected chi connectivity index (χ0v) is 12.0. The van der Waals surface area contributed by atoms with E-state index in [1.54, 1.807) is 29.6 Å². The summed E-state index contributed by atoms with van der Waals surface area (Å²) in [7, 11) is 0. The molecule has 8 heteroatoms. The molecule has 2 aromatic heterocycles. The molecule has 3 aromatic rings. The molecule has 0 aliphatic rings. The standard InChI is InChI=1S/C13H8ClN3O3S/c14-7-1-3-8(4-2-7)15-10(18)9-11(19)16-13-17(12(9)20)5-6-21-13/h1-6,19H,(H,15,18). The third-order valence-electron chi connectivity index (χ3n) is 2.78. The highest BCUT2D eigenvalue weighted by Gasteiger charge is 2.20. The predicted molar refractivity (Wildman–Crippen MR) is 80.4 cm³/mol. The molecule has 0 atom stereocenters. The van der Waals surface area contributed by atoms with Crippen molar-refractivity contribution in [2.75, 3.05) is 5.32 Å². The smallest absolute Gasteiger partial charge is 0.275 e. The van der Waals surface area contributed by atoms with Crippen LogP contribution in [0.1, 0.15) is 10.4 Å². The molecule has 0 fully saturated rings. The minimum atomic E-state index is -0.729. The molecule has 0 saturated carbocycles. The predicted octanol–water partition coefficient (Wildman–Crippen LogP) is 2.37. The van der Waals surface area contributed by atoms with Gasteiger partial charge >= 0.3 is 0 Å². The summed E-state index contributed by atoms with van der Waals surface area (Å²) < 4.78 is 1.21. The minimum absolute atomic E-state index is 0.320. The molecule has 1 amide bonds. The van der Waals surface area contributed by atoms with Gasteiger partial charge in [-0.05, 0) is 24.3 Å². The number of nitrogens with zero attached hydrogens (tertiary/aromatic N) is 2. The van der Waals surface area contributed by atoms with E-state index in [1.165, 1.54) is 21.9 Å². The number of fused-ring (bicyclic) bond motifs is 1. The van der Waals surface area contributed by atoms with E-state index in [1.807, 2.05) is 0 Å². The van der Waals surface area contributed by atoms with Crippen LogP contribution in [0.4, 0.5) is 5.69 Å². The topological polar surface area (TPSA) is 83.7 Å². The third kappa shape index (κ3) is 2.48. The number of hydrogen-bond donors (Lipinski definition) is 2. The van der Waals surface area contributed by atoms with Crippen LogP contribution >= 0.6 is 22.9 Å². The number of thiazole rings is 1. The molecule has 1 aromatic carbocycles. The molecule has 6 nitrogen and oxygen atoms in total. The second-order valence-corrected chi connectivity index (χ2v) is 5.44. The van der Waals surface area contributed by atoms with Crippen molar-refractivity contribution in [3.05, 3.63) is 56.8 Å². The number of rotatable bonds is 2. The van der Waals surface area contributed by atoms with Gasteiger partial charge in [0.2, 0.25) is 5.88 Å². The van der Waals surface area contributed by atoms with Crippen LogP contribution in [0.3, 0.4) is 0 Å². The first-order valence-electron chi connectivity index (χ1n) is 5.82. The zero-order chi connectivity index (χ0) is 15.0. The normalized spacial score (nSPS) is 10.7. The summed E-state index contributed by atoms with van der Waals surface area (Å²) in [4.78, 5) is 28.5. The molecule has 106 valence electrons. The highest BCUT2D eigenvalue weighted by Crippen LogP contribution is 2.18. The van der Waals surface area contributed by atoms with Crippen molar-refractivity contribution in [3.63, 3.8) is 0 Å². The van der Waals surface area contributed by atoms with E-state index >= 15 is 0 Å². The van der Waals surface area contributed by atoms with Crippen LogP contribution in [0.5, 0.6) is 5.88 Å². The van der Waals surface area contributed by atoms with Gasteiger partial charge in [0.25, 0.3) is 11.5 Å². The number of amides is 1. The summed E-state index contributed by atoms with van der Waals surface area (Å²) in [5, 5.41) is 14.5. The molecule has 0 radical (unpaired) electrons. The molecular weight excluding hydrogens is 314 g/mol. The maximum absolute atomic E-state index is 12.2. The van der Waals surface area contributed by atoms with Gasteiger partial charge in [-0.25, -0.2) is 0 Å². The highest BCUT2D eigenvalue weighted by molar-refractivity contribution is 7.15. The summed E-state index contributed by atoms with van der Waals surface area (Å²) >= 11 is 6.94. The van der Waals surface area contributed by atoms with Crippen LogP contribution in [-0.4, -0.2) is 20.4 Å². The molecule has 0 aliphatic heterocycles. The number of halogens is 1. The van der Waals surface area contributed by atoms with Gasteiger partial charge in [-0.1, -0.05) is 11.6 Å². The van der Waals surface area contributed by atoms with Gasteiger partial charge in [0.05, 0.1) is 0 Å². The van der Waals surface area contributed by atoms with E-state index in [0.717, 1.165) is 0 Å². The van der Waals surface area contributed by atoms with E-state index in [-0.39, 0.29) is 0 Å². The molecule has 2 N–H and O–H groups in total. The Morgan fingerprint density at radius 3 is 2.76 bits per heavy atom. The van der Waals surface area contributed by atoms with Crippen LogP contribution < -0.4 is 10.9 Å². The van der Waals surface area contributed by atoms with Crippen LogP contribution in [0, 0.1) is 0 Å². The molecule has 0 aliphatic carbocycles. The monoisotopic (exact) mass is 321 g/mol. The summed E-state index contributed by atoms with van der Waals surface area (Å²) in [6, 6.07) is 6.38. The van der Waals surface area contributed by atoms with Crippen LogP contribution in [-0.2, 0) is 0 Å². The number of aromatic nitrogens is 2. The summed E-state index contributed by atoms with van der Waals surface area (Å²) in [5.74, 6) is -1.32. The first-order valence-corrected chi connectivity index (χ1v) is 7.08. The summed E-state index contributed by atoms with van der Waals surface area (Å²) in [6.07, 6.45) is 1.49. The zero-order valence-electron chi connectivity index (χ0n) is 10.4. The lowest BCUT2D eigenvalue weighted by molar-refractivity contribution is 0.102. The lowest BCUT2D eigenvalue weighted by atomic mass is 10.2. The fourth-order valence-corrected chi connectivity index (χ4v) is 2.62. The molecule has 0 unspecified atom stereocenters. The van der Waals surface area contributed by atoms with Gasteiger partial charge in [-0.15, -0.1) is 11.3 Å². The van der Waals surface area contributed by atoms with E-state index in [2.05, 4.69) is 10.3 Å². The average molecular weight is 322 g/mol. The van der Waals surface area contributed by atoms with Gasteiger partial charge in [-0.2, -0.15) is 4.98 Å². The van der Waals surface area contributed by atoms with Gasteiger partial charge in [0, 0.05) is 22.3 Å². The first kappa shape index (κ1) is 13.6. The Kier molecular flexibility index (Phi) is 3.36. The van der Waals surface area contributed by atoms with Crippen molar-refractivity contribution >= 4 is 39.5 Å². The number of carbonyl (C=O) groups excluding carboxylic acids is 1. The SMILES string of the molecule is O=C(Nc1ccc(Cl)cc1)c1c(O)nc2sccn2c1=O. The second kappa shape index (κ2) is 5.19. The Bertz CT molecular complexity index is 886. The Morgan fingerprint density at radius 1 is 1.33 bits per heavy atom. The second-order valence-electron chi connectivity index (χ2n) is 4.13. The van der Waals surface area contributed by atoms with Crippen molar-refractivity contribution in [2.45, 2.75) is 0 Å². The number of hydrogen-bond acceptors (Lipinski definition) is 5. The lowest BCUT2D eigenvalue weighted by Crippen LogP contribution is -2.26. The summed E-state index contributed by atoms with van der Waals surface area (Å²) in [6.45, 7) is 0. The summed E-state index contributed by atoms with van der Waals surface area (Å²) in [5.41, 5.74) is -0.565. The van der Waals surface area contributed by atoms with Crippen LogP contribution in [0.2, 0.25) is 5.02 Å². The fourth-order valence-electron chi connectivity index (χ4n) is 1.80. The van der Waals surface area contributed by atoms with Crippen molar-refractivity contribution < 1.29 is 9.90 Å². The highest BCUT2D eigenvalue weighted by atomic mass is 35.5. The van der Waals surface area contributed by atoms with E-state index in [4.69, 9.17) is 11.6 Å². The Balaban J connectivity index is 2.01. The van der Waals surface area contributed by atoms with Gasteiger partial charge in [0.15, 0.2) is 10.5 Å². The van der Waals surface area contributed by atoms with E-state index in [9.17, 15) is 14.7 Å². The fraction of sp³-hybridized carbons (Fsp3) is 0. The minimum Gasteiger partial charge on any atom is -0.492 e. The number of nitrogens with one attached hydrogen (secondary N) is 1. The molecule has 21 heavy (non-hydrogen) atoms. The van der Waals surface area contributed by atoms with E-state index < -0.39 is 22.9 Å². The van der Waals surface area contributed by atoms with Crippen LogP contribution in [0.25, 0.3) is 4.96 Å². The largest absolute Gasteiger partial charge is 0.492 e. The molecule has 0 spiro atoms. The quantitative estimate of drug-likeness (QED) is 0.759. The van der Waals surface area contributed by atoms with E-state index in [0.29, 0.717) is 15.7 Å². The maximum atomic E-state index is 12.2. The number of benzene rings is 1. The number of anilines is 1. The van der Waals surface area contributed by atoms with Crippen molar-refractivity contribution in [2.24, 2.45) is 0 Å². The Hall–Kier alpha value is -2.38. The third-order valence-corrected chi connectivity index (χ3v) is 3.79.